The van der Waals surface area contributed by atoms with Gasteiger partial charge in [-0.05, 0) is 30.3 Å². The van der Waals surface area contributed by atoms with Gasteiger partial charge in [-0.3, -0.25) is 0 Å². The Morgan fingerprint density at radius 2 is 1.88 bits per heavy atom. The second-order valence-corrected chi connectivity index (χ2v) is 3.40. The number of hydrogen-bond acceptors (Lipinski definition) is 3. The van der Waals surface area contributed by atoms with Gasteiger partial charge in [0.05, 0.1) is 17.3 Å². The van der Waals surface area contributed by atoms with Crippen molar-refractivity contribution in [3.05, 3.63) is 53.8 Å². The van der Waals surface area contributed by atoms with Crippen molar-refractivity contribution < 1.29 is 9.13 Å². The molecular formula is C13H9FN2O. The topological polar surface area (TPSA) is 59.0 Å². The van der Waals surface area contributed by atoms with Gasteiger partial charge in [0.2, 0.25) is 0 Å². The smallest absolute Gasteiger partial charge is 0.167 e. The van der Waals surface area contributed by atoms with Crippen molar-refractivity contribution in [1.82, 2.24) is 0 Å². The summed E-state index contributed by atoms with van der Waals surface area (Å²) in [5.74, 6) is -0.162. The minimum absolute atomic E-state index is 0.0434. The van der Waals surface area contributed by atoms with Gasteiger partial charge in [-0.1, -0.05) is 12.1 Å². The molecule has 0 aromatic heterocycles. The first-order chi connectivity index (χ1) is 8.20. The van der Waals surface area contributed by atoms with Crippen LogP contribution in [-0.2, 0) is 0 Å². The molecule has 0 aliphatic carbocycles. The Morgan fingerprint density at radius 3 is 2.53 bits per heavy atom. The zero-order chi connectivity index (χ0) is 12.3. The monoisotopic (exact) mass is 228 g/mol. The molecule has 3 nitrogen and oxygen atoms in total. The van der Waals surface area contributed by atoms with Gasteiger partial charge < -0.3 is 10.5 Å². The second kappa shape index (κ2) is 4.54. The van der Waals surface area contributed by atoms with Gasteiger partial charge in [0.15, 0.2) is 11.6 Å². The highest BCUT2D eigenvalue weighted by Crippen LogP contribution is 2.28. The maximum Gasteiger partial charge on any atom is 0.167 e. The van der Waals surface area contributed by atoms with Crippen molar-refractivity contribution in [2.24, 2.45) is 0 Å². The number of benzene rings is 2. The van der Waals surface area contributed by atoms with Crippen molar-refractivity contribution in [3.63, 3.8) is 0 Å². The van der Waals surface area contributed by atoms with Gasteiger partial charge in [0.25, 0.3) is 0 Å². The van der Waals surface area contributed by atoms with Crippen LogP contribution in [0.3, 0.4) is 0 Å². The van der Waals surface area contributed by atoms with E-state index in [1.807, 2.05) is 6.07 Å². The first kappa shape index (κ1) is 11.0. The molecule has 2 N–H and O–H groups in total. The van der Waals surface area contributed by atoms with E-state index >= 15 is 0 Å². The van der Waals surface area contributed by atoms with Crippen LogP contribution in [0.4, 0.5) is 10.1 Å². The second-order valence-electron chi connectivity index (χ2n) is 3.40. The number of nitrogens with zero attached hydrogens (tertiary/aromatic N) is 1. The minimum atomic E-state index is -0.590. The highest BCUT2D eigenvalue weighted by molar-refractivity contribution is 5.53. The van der Waals surface area contributed by atoms with E-state index in [-0.39, 0.29) is 11.3 Å². The number of ether oxygens (including phenoxy) is 1. The van der Waals surface area contributed by atoms with E-state index in [0.29, 0.717) is 11.4 Å². The van der Waals surface area contributed by atoms with Gasteiger partial charge in [-0.15, -0.1) is 0 Å². The van der Waals surface area contributed by atoms with Crippen molar-refractivity contribution in [2.45, 2.75) is 0 Å². The summed E-state index contributed by atoms with van der Waals surface area (Å²) in [7, 11) is 0. The van der Waals surface area contributed by atoms with E-state index < -0.39 is 5.82 Å². The number of nitriles is 1. The number of nitrogens with two attached hydrogens (primary N) is 1. The molecule has 0 aliphatic heterocycles. The summed E-state index contributed by atoms with van der Waals surface area (Å²) >= 11 is 0. The predicted octanol–water partition coefficient (Wildman–Crippen LogP) is 3.07. The third-order valence-electron chi connectivity index (χ3n) is 2.20. The van der Waals surface area contributed by atoms with Gasteiger partial charge in [0.1, 0.15) is 5.75 Å². The largest absolute Gasteiger partial charge is 0.452 e. The van der Waals surface area contributed by atoms with Crippen LogP contribution in [0.2, 0.25) is 0 Å². The zero-order valence-corrected chi connectivity index (χ0v) is 8.85. The molecule has 0 radical (unpaired) electrons. The lowest BCUT2D eigenvalue weighted by Crippen LogP contribution is -1.93. The van der Waals surface area contributed by atoms with Crippen molar-refractivity contribution in [3.8, 4) is 17.6 Å². The zero-order valence-electron chi connectivity index (χ0n) is 8.85. The highest BCUT2D eigenvalue weighted by atomic mass is 19.1. The molecule has 2 rings (SSSR count). The molecule has 0 fully saturated rings. The van der Waals surface area contributed by atoms with Gasteiger partial charge in [-0.25, -0.2) is 4.39 Å². The molecule has 0 saturated heterocycles. The molecule has 0 bridgehead atoms. The average Bonchev–Trinajstić information content (AvgIpc) is 2.34. The molecule has 0 heterocycles. The molecule has 0 spiro atoms. The van der Waals surface area contributed by atoms with Crippen molar-refractivity contribution >= 4 is 5.69 Å². The van der Waals surface area contributed by atoms with Gasteiger partial charge in [0, 0.05) is 0 Å². The predicted molar refractivity (Wildman–Crippen MR) is 62.0 cm³/mol. The molecule has 0 aliphatic rings. The summed E-state index contributed by atoms with van der Waals surface area (Å²) in [4.78, 5) is 0. The quantitative estimate of drug-likeness (QED) is 0.803. The fourth-order valence-corrected chi connectivity index (χ4v) is 1.35. The van der Waals surface area contributed by atoms with Crippen LogP contribution in [0.5, 0.6) is 11.5 Å². The molecule has 2 aromatic rings. The van der Waals surface area contributed by atoms with E-state index in [9.17, 15) is 4.39 Å². The lowest BCUT2D eigenvalue weighted by Gasteiger charge is -2.08. The maximum absolute atomic E-state index is 13.5. The summed E-state index contributed by atoms with van der Waals surface area (Å²) in [5.41, 5.74) is 6.35. The lowest BCUT2D eigenvalue weighted by molar-refractivity contribution is 0.444. The molecular weight excluding hydrogens is 219 g/mol. The molecule has 0 atom stereocenters. The lowest BCUT2D eigenvalue weighted by atomic mass is 10.2. The summed E-state index contributed by atoms with van der Waals surface area (Å²) in [6.07, 6.45) is 0. The Hall–Kier alpha value is -2.54. The van der Waals surface area contributed by atoms with Crippen LogP contribution in [0.25, 0.3) is 0 Å². The first-order valence-electron chi connectivity index (χ1n) is 4.92. The fourth-order valence-electron chi connectivity index (χ4n) is 1.35. The average molecular weight is 228 g/mol. The van der Waals surface area contributed by atoms with Crippen LogP contribution in [-0.4, -0.2) is 0 Å². The Balaban J connectivity index is 2.32. The number of rotatable bonds is 2. The van der Waals surface area contributed by atoms with E-state index in [0.717, 1.165) is 6.07 Å². The Kier molecular flexibility index (Phi) is 2.93. The van der Waals surface area contributed by atoms with Crippen LogP contribution in [0.1, 0.15) is 5.56 Å². The molecule has 0 amide bonds. The summed E-state index contributed by atoms with van der Waals surface area (Å²) in [6.45, 7) is 0. The fraction of sp³-hybridized carbons (Fsp3) is 0. The number of anilines is 1. The Labute approximate surface area is 97.9 Å². The van der Waals surface area contributed by atoms with Crippen LogP contribution >= 0.6 is 0 Å². The van der Waals surface area contributed by atoms with Gasteiger partial charge in [-0.2, -0.15) is 5.26 Å². The van der Waals surface area contributed by atoms with Crippen molar-refractivity contribution in [2.75, 3.05) is 5.73 Å². The minimum Gasteiger partial charge on any atom is -0.452 e. The first-order valence-corrected chi connectivity index (χ1v) is 4.92. The van der Waals surface area contributed by atoms with E-state index in [4.69, 9.17) is 15.7 Å². The summed E-state index contributed by atoms with van der Waals surface area (Å²) in [6, 6.07) is 12.7. The SMILES string of the molecule is N#Cc1ccc(Oc2ccccc2N)c(F)c1. The van der Waals surface area contributed by atoms with E-state index in [2.05, 4.69) is 0 Å². The standard InChI is InChI=1S/C13H9FN2O/c14-10-7-9(8-15)5-6-12(10)17-13-4-2-1-3-11(13)16/h1-7H,16H2. The maximum atomic E-state index is 13.5. The summed E-state index contributed by atoms with van der Waals surface area (Å²) < 4.78 is 18.9. The van der Waals surface area contributed by atoms with Gasteiger partial charge >= 0.3 is 0 Å². The normalized spacial score (nSPS) is 9.65. The number of halogens is 1. The molecule has 0 saturated carbocycles. The van der Waals surface area contributed by atoms with Crippen LogP contribution in [0.15, 0.2) is 42.5 Å². The van der Waals surface area contributed by atoms with E-state index in [1.165, 1.54) is 12.1 Å². The van der Waals surface area contributed by atoms with Crippen molar-refractivity contribution in [1.29, 1.82) is 5.26 Å². The highest BCUT2D eigenvalue weighted by Gasteiger charge is 2.07. The third-order valence-corrected chi connectivity index (χ3v) is 2.20. The third kappa shape index (κ3) is 2.34. The van der Waals surface area contributed by atoms with Crippen LogP contribution in [0, 0.1) is 17.1 Å². The molecule has 0 unspecified atom stereocenters. The van der Waals surface area contributed by atoms with E-state index in [1.54, 1.807) is 24.3 Å². The number of para-hydroxylation sites is 2. The molecule has 2 aromatic carbocycles. The number of hydrogen-bond donors (Lipinski definition) is 1. The molecule has 17 heavy (non-hydrogen) atoms. The Bertz CT molecular complexity index is 590. The number of nitrogen functional groups attached to an aromatic ring is 1. The van der Waals surface area contributed by atoms with Crippen LogP contribution < -0.4 is 10.5 Å². The molecule has 84 valence electrons. The molecule has 4 heteroatoms. The summed E-state index contributed by atoms with van der Waals surface area (Å²) in [5, 5.41) is 8.61. The Morgan fingerprint density at radius 1 is 1.12 bits per heavy atom.